The molecule has 0 spiro atoms. The Morgan fingerprint density at radius 3 is 2.75 bits per heavy atom. The van der Waals surface area contributed by atoms with Crippen molar-refractivity contribution in [3.8, 4) is 0 Å². The highest BCUT2D eigenvalue weighted by Gasteiger charge is 2.25. The molecule has 0 amide bonds. The topological polar surface area (TPSA) is 29.3 Å². The van der Waals surface area contributed by atoms with Crippen LogP contribution < -0.4 is 5.73 Å². The van der Waals surface area contributed by atoms with Gasteiger partial charge in [0, 0.05) is 12.6 Å². The molecule has 88 valence electrons. The second-order valence-corrected chi connectivity index (χ2v) is 4.80. The fourth-order valence-corrected chi connectivity index (χ4v) is 2.55. The Morgan fingerprint density at radius 2 is 2.06 bits per heavy atom. The molecule has 0 saturated carbocycles. The zero-order valence-corrected chi connectivity index (χ0v) is 10.1. The average molecular weight is 218 g/mol. The number of rotatable bonds is 3. The molecule has 1 aromatic carbocycles. The van der Waals surface area contributed by atoms with Crippen molar-refractivity contribution in [1.29, 1.82) is 0 Å². The maximum atomic E-state index is 6.22. The van der Waals surface area contributed by atoms with Crippen LogP contribution in [0.2, 0.25) is 0 Å². The second-order valence-electron chi connectivity index (χ2n) is 4.80. The van der Waals surface area contributed by atoms with E-state index in [1.54, 1.807) is 0 Å². The molecule has 0 aromatic heterocycles. The minimum Gasteiger partial charge on any atom is -0.327 e. The first-order valence-corrected chi connectivity index (χ1v) is 6.31. The van der Waals surface area contributed by atoms with Crippen molar-refractivity contribution >= 4 is 0 Å². The van der Waals surface area contributed by atoms with E-state index in [1.807, 2.05) is 0 Å². The largest absolute Gasteiger partial charge is 0.327 e. The van der Waals surface area contributed by atoms with Crippen LogP contribution in [-0.2, 0) is 6.42 Å². The van der Waals surface area contributed by atoms with Gasteiger partial charge in [-0.15, -0.1) is 0 Å². The van der Waals surface area contributed by atoms with Gasteiger partial charge >= 0.3 is 0 Å². The summed E-state index contributed by atoms with van der Waals surface area (Å²) in [6, 6.07) is 11.1. The van der Waals surface area contributed by atoms with Gasteiger partial charge in [0.15, 0.2) is 0 Å². The van der Waals surface area contributed by atoms with Crippen molar-refractivity contribution in [2.45, 2.75) is 25.8 Å². The third-order valence-corrected chi connectivity index (χ3v) is 3.66. The van der Waals surface area contributed by atoms with Gasteiger partial charge in [-0.05, 0) is 37.4 Å². The number of hydrogen-bond acceptors (Lipinski definition) is 2. The smallest absolute Gasteiger partial charge is 0.00947 e. The van der Waals surface area contributed by atoms with Crippen molar-refractivity contribution < 1.29 is 0 Å². The van der Waals surface area contributed by atoms with E-state index in [-0.39, 0.29) is 0 Å². The molecule has 16 heavy (non-hydrogen) atoms. The number of likely N-dealkylation sites (tertiary alicyclic amines) is 1. The van der Waals surface area contributed by atoms with Crippen molar-refractivity contribution in [2.75, 3.05) is 19.6 Å². The molecule has 1 saturated heterocycles. The van der Waals surface area contributed by atoms with Gasteiger partial charge in [0.2, 0.25) is 0 Å². The summed E-state index contributed by atoms with van der Waals surface area (Å²) >= 11 is 0. The Bertz CT molecular complexity index is 310. The monoisotopic (exact) mass is 218 g/mol. The van der Waals surface area contributed by atoms with Crippen LogP contribution >= 0.6 is 0 Å². The molecule has 2 heteroatoms. The summed E-state index contributed by atoms with van der Waals surface area (Å²) in [5, 5.41) is 0. The quantitative estimate of drug-likeness (QED) is 0.839. The molecule has 1 heterocycles. The molecule has 2 N–H and O–H groups in total. The Hall–Kier alpha value is -0.860. The first-order valence-electron chi connectivity index (χ1n) is 6.31. The summed E-state index contributed by atoms with van der Waals surface area (Å²) in [6.07, 6.45) is 2.27. The predicted octanol–water partition coefficient (Wildman–Crippen LogP) is 1.90. The van der Waals surface area contributed by atoms with E-state index >= 15 is 0 Å². The summed E-state index contributed by atoms with van der Waals surface area (Å²) in [6.45, 7) is 5.71. The van der Waals surface area contributed by atoms with E-state index in [0.29, 0.717) is 12.0 Å². The third kappa shape index (κ3) is 2.83. The molecule has 0 radical (unpaired) electrons. The maximum absolute atomic E-state index is 6.22. The Morgan fingerprint density at radius 1 is 1.31 bits per heavy atom. The van der Waals surface area contributed by atoms with Crippen LogP contribution in [0.15, 0.2) is 30.3 Å². The van der Waals surface area contributed by atoms with Crippen molar-refractivity contribution in [3.63, 3.8) is 0 Å². The molecule has 2 rings (SSSR count). The maximum Gasteiger partial charge on any atom is 0.00947 e. The molecule has 1 fully saturated rings. The first kappa shape index (κ1) is 11.6. The van der Waals surface area contributed by atoms with Crippen LogP contribution in [0.25, 0.3) is 0 Å². The highest BCUT2D eigenvalue weighted by molar-refractivity contribution is 5.16. The second kappa shape index (κ2) is 5.46. The standard InChI is InChI=1S/C14H22N2/c1-2-16-9-8-14(15)13(11-16)10-12-6-4-3-5-7-12/h3-7,13-14H,2,8-11,15H2,1H3/t13-,14-/m0/s1. The van der Waals surface area contributed by atoms with E-state index < -0.39 is 0 Å². The number of benzene rings is 1. The number of nitrogens with two attached hydrogens (primary N) is 1. The van der Waals surface area contributed by atoms with E-state index in [0.717, 1.165) is 25.9 Å². The van der Waals surface area contributed by atoms with E-state index in [9.17, 15) is 0 Å². The van der Waals surface area contributed by atoms with Crippen LogP contribution in [0.5, 0.6) is 0 Å². The first-order chi connectivity index (χ1) is 7.79. The molecule has 1 aliphatic heterocycles. The molecule has 1 aromatic rings. The van der Waals surface area contributed by atoms with Crippen LogP contribution in [0.1, 0.15) is 18.9 Å². The highest BCUT2D eigenvalue weighted by Crippen LogP contribution is 2.19. The van der Waals surface area contributed by atoms with Gasteiger partial charge in [-0.25, -0.2) is 0 Å². The van der Waals surface area contributed by atoms with Crippen molar-refractivity contribution in [1.82, 2.24) is 4.90 Å². The summed E-state index contributed by atoms with van der Waals surface area (Å²) in [7, 11) is 0. The fourth-order valence-electron chi connectivity index (χ4n) is 2.55. The molecule has 0 aliphatic carbocycles. The van der Waals surface area contributed by atoms with Gasteiger partial charge in [-0.1, -0.05) is 37.3 Å². The van der Waals surface area contributed by atoms with Crippen molar-refractivity contribution in [3.05, 3.63) is 35.9 Å². The van der Waals surface area contributed by atoms with E-state index in [4.69, 9.17) is 5.73 Å². The molecule has 0 bridgehead atoms. The lowest BCUT2D eigenvalue weighted by molar-refractivity contribution is 0.161. The molecule has 2 atom stereocenters. The molecule has 0 unspecified atom stereocenters. The zero-order chi connectivity index (χ0) is 11.4. The Kier molecular flexibility index (Phi) is 3.97. The van der Waals surface area contributed by atoms with Crippen LogP contribution in [0.3, 0.4) is 0 Å². The third-order valence-electron chi connectivity index (χ3n) is 3.66. The van der Waals surface area contributed by atoms with Gasteiger partial charge in [-0.2, -0.15) is 0 Å². The molecular weight excluding hydrogens is 196 g/mol. The summed E-state index contributed by atoms with van der Waals surface area (Å²) in [4.78, 5) is 2.51. The summed E-state index contributed by atoms with van der Waals surface area (Å²) in [5.74, 6) is 0.621. The lowest BCUT2D eigenvalue weighted by Crippen LogP contribution is -2.47. The zero-order valence-electron chi connectivity index (χ0n) is 10.1. The van der Waals surface area contributed by atoms with Gasteiger partial charge in [0.1, 0.15) is 0 Å². The number of nitrogens with zero attached hydrogens (tertiary/aromatic N) is 1. The molecular formula is C14H22N2. The van der Waals surface area contributed by atoms with E-state index in [2.05, 4.69) is 42.2 Å². The van der Waals surface area contributed by atoms with Crippen molar-refractivity contribution in [2.24, 2.45) is 11.7 Å². The minimum atomic E-state index is 0.378. The van der Waals surface area contributed by atoms with Crippen LogP contribution in [0.4, 0.5) is 0 Å². The molecule has 1 aliphatic rings. The number of hydrogen-bond donors (Lipinski definition) is 1. The fraction of sp³-hybridized carbons (Fsp3) is 0.571. The SMILES string of the molecule is CCN1CC[C@H](N)[C@@H](Cc2ccccc2)C1. The van der Waals surface area contributed by atoms with Gasteiger partial charge < -0.3 is 10.6 Å². The van der Waals surface area contributed by atoms with Gasteiger partial charge in [-0.3, -0.25) is 0 Å². The predicted molar refractivity (Wildman–Crippen MR) is 68.3 cm³/mol. The summed E-state index contributed by atoms with van der Waals surface area (Å²) in [5.41, 5.74) is 7.63. The summed E-state index contributed by atoms with van der Waals surface area (Å²) < 4.78 is 0. The number of piperidine rings is 1. The lowest BCUT2D eigenvalue weighted by Gasteiger charge is -2.36. The van der Waals surface area contributed by atoms with Gasteiger partial charge in [0.05, 0.1) is 0 Å². The van der Waals surface area contributed by atoms with E-state index in [1.165, 1.54) is 12.1 Å². The normalized spacial score (nSPS) is 26.9. The molecule has 2 nitrogen and oxygen atoms in total. The Labute approximate surface area is 98.4 Å². The average Bonchev–Trinajstić information content (AvgIpc) is 2.33. The highest BCUT2D eigenvalue weighted by atomic mass is 15.1. The lowest BCUT2D eigenvalue weighted by atomic mass is 9.87. The van der Waals surface area contributed by atoms with Crippen LogP contribution in [-0.4, -0.2) is 30.6 Å². The Balaban J connectivity index is 1.97. The minimum absolute atomic E-state index is 0.378. The van der Waals surface area contributed by atoms with Gasteiger partial charge in [0.25, 0.3) is 0 Å². The van der Waals surface area contributed by atoms with Crippen LogP contribution in [0, 0.1) is 5.92 Å².